The van der Waals surface area contributed by atoms with Gasteiger partial charge in [-0.05, 0) is 75.5 Å². The van der Waals surface area contributed by atoms with Gasteiger partial charge in [-0.25, -0.2) is 0 Å². The Morgan fingerprint density at radius 3 is 1.78 bits per heavy atom. The highest BCUT2D eigenvalue weighted by Crippen LogP contribution is 2.53. The highest BCUT2D eigenvalue weighted by molar-refractivity contribution is 5.07. The topological polar surface area (TPSA) is 27.3 Å². The van der Waals surface area contributed by atoms with E-state index in [1.165, 1.54) is 77.8 Å². The Morgan fingerprint density at radius 2 is 1.22 bits per heavy atom. The minimum absolute atomic E-state index is 0.724. The molecule has 0 aromatic carbocycles. The van der Waals surface area contributed by atoms with Gasteiger partial charge in [0.1, 0.15) is 0 Å². The molecule has 4 fully saturated rings. The maximum Gasteiger partial charge on any atom is 0.0106 e. The van der Waals surface area contributed by atoms with E-state index in [9.17, 15) is 0 Å². The molecule has 4 rings (SSSR count). The average molecular weight is 249 g/mol. The van der Waals surface area contributed by atoms with Crippen molar-refractivity contribution in [3.05, 3.63) is 0 Å². The zero-order chi connectivity index (χ0) is 12.1. The number of rotatable bonds is 1. The number of likely N-dealkylation sites (tertiary alicyclic amines) is 1. The van der Waals surface area contributed by atoms with Crippen LogP contribution in [0, 0.1) is 10.8 Å². The summed E-state index contributed by atoms with van der Waals surface area (Å²) in [6.45, 7) is 7.87. The number of nitrogens with one attached hydrogen (secondary N) is 2. The molecule has 0 amide bonds. The molecule has 1 aliphatic carbocycles. The van der Waals surface area contributed by atoms with Crippen molar-refractivity contribution in [1.82, 2.24) is 15.5 Å². The summed E-state index contributed by atoms with van der Waals surface area (Å²) in [6, 6.07) is 0.948. The molecule has 3 nitrogen and oxygen atoms in total. The fourth-order valence-corrected chi connectivity index (χ4v) is 4.91. The van der Waals surface area contributed by atoms with Crippen molar-refractivity contribution in [2.45, 2.75) is 44.6 Å². The second-order valence-electron chi connectivity index (χ2n) is 7.47. The molecule has 3 heteroatoms. The second-order valence-corrected chi connectivity index (χ2v) is 7.47. The van der Waals surface area contributed by atoms with Crippen molar-refractivity contribution >= 4 is 0 Å². The number of nitrogens with zero attached hydrogens (tertiary/aromatic N) is 1. The first-order chi connectivity index (χ1) is 8.79. The van der Waals surface area contributed by atoms with Crippen LogP contribution in [-0.2, 0) is 0 Å². The number of hydrogen-bond acceptors (Lipinski definition) is 3. The van der Waals surface area contributed by atoms with Crippen molar-refractivity contribution in [2.24, 2.45) is 10.8 Å². The van der Waals surface area contributed by atoms with Gasteiger partial charge in [-0.2, -0.15) is 0 Å². The zero-order valence-electron chi connectivity index (χ0n) is 11.5. The molecule has 0 atom stereocenters. The van der Waals surface area contributed by atoms with Gasteiger partial charge in [0.15, 0.2) is 0 Å². The summed E-state index contributed by atoms with van der Waals surface area (Å²) < 4.78 is 0. The molecular formula is C15H27N3. The summed E-state index contributed by atoms with van der Waals surface area (Å²) >= 11 is 0. The Balaban J connectivity index is 1.28. The summed E-state index contributed by atoms with van der Waals surface area (Å²) in [6.07, 6.45) is 8.72. The summed E-state index contributed by atoms with van der Waals surface area (Å²) in [5.41, 5.74) is 1.48. The average Bonchev–Trinajstić information content (AvgIpc) is 2.35. The normalized spacial score (nSPS) is 35.3. The Bertz CT molecular complexity index is 268. The van der Waals surface area contributed by atoms with Gasteiger partial charge in [0.2, 0.25) is 0 Å². The molecule has 0 radical (unpaired) electrons. The van der Waals surface area contributed by atoms with E-state index in [-0.39, 0.29) is 0 Å². The Morgan fingerprint density at radius 1 is 0.722 bits per heavy atom. The van der Waals surface area contributed by atoms with Crippen LogP contribution in [-0.4, -0.2) is 50.2 Å². The van der Waals surface area contributed by atoms with E-state index in [1.54, 1.807) is 0 Å². The highest BCUT2D eigenvalue weighted by atomic mass is 15.3. The fraction of sp³-hybridized carbons (Fsp3) is 1.00. The van der Waals surface area contributed by atoms with E-state index >= 15 is 0 Å². The minimum atomic E-state index is 0.724. The van der Waals surface area contributed by atoms with Crippen molar-refractivity contribution < 1.29 is 0 Å². The first kappa shape index (κ1) is 11.7. The van der Waals surface area contributed by atoms with Gasteiger partial charge < -0.3 is 10.6 Å². The van der Waals surface area contributed by atoms with Crippen molar-refractivity contribution in [1.29, 1.82) is 0 Å². The van der Waals surface area contributed by atoms with Gasteiger partial charge in [0.25, 0.3) is 0 Å². The molecule has 2 spiro atoms. The van der Waals surface area contributed by atoms with Crippen LogP contribution in [0.5, 0.6) is 0 Å². The number of hydrogen-bond donors (Lipinski definition) is 2. The molecule has 0 bridgehead atoms. The molecule has 102 valence electrons. The van der Waals surface area contributed by atoms with Crippen LogP contribution in [0.2, 0.25) is 0 Å². The van der Waals surface area contributed by atoms with E-state index < -0.39 is 0 Å². The lowest BCUT2D eigenvalue weighted by atomic mass is 9.58. The van der Waals surface area contributed by atoms with Crippen molar-refractivity contribution in [3.63, 3.8) is 0 Å². The Labute approximate surface area is 111 Å². The molecule has 3 aliphatic heterocycles. The summed E-state index contributed by atoms with van der Waals surface area (Å²) in [5.74, 6) is 0. The predicted molar refractivity (Wildman–Crippen MR) is 73.7 cm³/mol. The molecule has 0 unspecified atom stereocenters. The third kappa shape index (κ3) is 1.83. The van der Waals surface area contributed by atoms with Crippen LogP contribution in [0.1, 0.15) is 38.5 Å². The minimum Gasteiger partial charge on any atom is -0.317 e. The van der Waals surface area contributed by atoms with E-state index in [4.69, 9.17) is 0 Å². The van der Waals surface area contributed by atoms with Gasteiger partial charge in [-0.15, -0.1) is 0 Å². The molecule has 0 aromatic rings. The van der Waals surface area contributed by atoms with Crippen LogP contribution in [0.4, 0.5) is 0 Å². The first-order valence-corrected chi connectivity index (χ1v) is 7.95. The molecule has 0 aromatic heterocycles. The third-order valence-electron chi connectivity index (χ3n) is 6.26. The number of piperidine rings is 2. The van der Waals surface area contributed by atoms with Crippen LogP contribution in [0.15, 0.2) is 0 Å². The van der Waals surface area contributed by atoms with Gasteiger partial charge in [0, 0.05) is 19.1 Å². The van der Waals surface area contributed by atoms with Crippen molar-refractivity contribution in [2.75, 3.05) is 39.3 Å². The summed E-state index contributed by atoms with van der Waals surface area (Å²) in [4.78, 5) is 2.80. The highest BCUT2D eigenvalue weighted by Gasteiger charge is 2.52. The quantitative estimate of drug-likeness (QED) is 0.731. The van der Waals surface area contributed by atoms with Crippen LogP contribution in [0.3, 0.4) is 0 Å². The largest absolute Gasteiger partial charge is 0.317 e. The molecule has 18 heavy (non-hydrogen) atoms. The summed E-state index contributed by atoms with van der Waals surface area (Å²) in [7, 11) is 0. The molecule has 1 saturated carbocycles. The van der Waals surface area contributed by atoms with Gasteiger partial charge >= 0.3 is 0 Å². The predicted octanol–water partition coefficient (Wildman–Crippen LogP) is 1.20. The van der Waals surface area contributed by atoms with Gasteiger partial charge in [-0.1, -0.05) is 0 Å². The van der Waals surface area contributed by atoms with Gasteiger partial charge in [-0.3, -0.25) is 4.90 Å². The molecule has 4 aliphatic rings. The van der Waals surface area contributed by atoms with E-state index in [0.717, 1.165) is 16.9 Å². The lowest BCUT2D eigenvalue weighted by molar-refractivity contribution is -0.114. The molecule has 3 saturated heterocycles. The maximum atomic E-state index is 3.51. The van der Waals surface area contributed by atoms with Crippen molar-refractivity contribution in [3.8, 4) is 0 Å². The van der Waals surface area contributed by atoms with Crippen LogP contribution >= 0.6 is 0 Å². The van der Waals surface area contributed by atoms with E-state index in [2.05, 4.69) is 15.5 Å². The summed E-state index contributed by atoms with van der Waals surface area (Å²) in [5, 5.41) is 7.01. The zero-order valence-corrected chi connectivity index (χ0v) is 11.5. The van der Waals surface area contributed by atoms with Gasteiger partial charge in [0.05, 0.1) is 0 Å². The third-order valence-corrected chi connectivity index (χ3v) is 6.26. The second kappa shape index (κ2) is 4.19. The smallest absolute Gasteiger partial charge is 0.0106 e. The maximum absolute atomic E-state index is 3.51. The first-order valence-electron chi connectivity index (χ1n) is 7.95. The lowest BCUT2D eigenvalue weighted by Gasteiger charge is -2.62. The molecule has 3 heterocycles. The monoisotopic (exact) mass is 249 g/mol. The van der Waals surface area contributed by atoms with E-state index in [0.29, 0.717) is 0 Å². The lowest BCUT2D eigenvalue weighted by Crippen LogP contribution is -2.66. The standard InChI is InChI=1S/C15H27N3/c1-5-16-6-2-14(1)9-13(10-14)18-11-15(12-18)3-7-17-8-4-15/h13,16-17H,1-12H2. The van der Waals surface area contributed by atoms with E-state index in [1.807, 2.05) is 0 Å². The fourth-order valence-electron chi connectivity index (χ4n) is 4.91. The molecular weight excluding hydrogens is 222 g/mol. The van der Waals surface area contributed by atoms with Crippen LogP contribution in [0.25, 0.3) is 0 Å². The Hall–Kier alpha value is -0.120. The molecule has 2 N–H and O–H groups in total. The SMILES string of the molecule is C1CC2(CCN1)CC(N1CC3(CCNCC3)C1)C2. The van der Waals surface area contributed by atoms with Crippen LogP contribution < -0.4 is 10.6 Å². The Kier molecular flexibility index (Phi) is 2.72.